The third-order valence-electron chi connectivity index (χ3n) is 12.3. The van der Waals surface area contributed by atoms with Gasteiger partial charge in [0.15, 0.2) is 17.5 Å². The highest BCUT2D eigenvalue weighted by molar-refractivity contribution is 6.26. The van der Waals surface area contributed by atoms with Crippen molar-refractivity contribution in [2.45, 2.75) is 0 Å². The van der Waals surface area contributed by atoms with E-state index in [4.69, 9.17) is 26.2 Å². The smallest absolute Gasteiger partial charge is 0.167 e. The minimum atomic E-state index is -0.458. The van der Waals surface area contributed by atoms with Crippen molar-refractivity contribution < 1.29 is 11.3 Å². The van der Waals surface area contributed by atoms with E-state index in [0.717, 1.165) is 65.6 Å². The minimum absolute atomic E-state index is 0.0562. The summed E-state index contributed by atoms with van der Waals surface area (Å²) in [5.41, 5.74) is 9.57. The van der Waals surface area contributed by atoms with Gasteiger partial charge in [-0.25, -0.2) is 15.0 Å². The maximum absolute atomic E-state index is 11.2. The lowest BCUT2D eigenvalue weighted by molar-refractivity contribution is 0.669. The van der Waals surface area contributed by atoms with Gasteiger partial charge < -0.3 is 13.6 Å². The first-order chi connectivity index (χ1) is 34.3. The summed E-state index contributed by atoms with van der Waals surface area (Å²) in [6, 6.07) is 58.1. The number of rotatable bonds is 6. The fraction of sp³-hybridized carbons (Fsp3) is 0. The molecule has 0 spiro atoms. The summed E-state index contributed by atoms with van der Waals surface area (Å²) < 4.78 is 53.8. The molecule has 13 rings (SSSR count). The van der Waals surface area contributed by atoms with Gasteiger partial charge in [0, 0.05) is 49.1 Å². The molecule has 7 nitrogen and oxygen atoms in total. The van der Waals surface area contributed by atoms with Crippen molar-refractivity contribution in [1.82, 2.24) is 24.1 Å². The third-order valence-corrected chi connectivity index (χ3v) is 12.3. The van der Waals surface area contributed by atoms with E-state index < -0.39 is 18.1 Å². The first-order valence-corrected chi connectivity index (χ1v) is 21.2. The van der Waals surface area contributed by atoms with E-state index >= 15 is 0 Å². The molecule has 0 bridgehead atoms. The van der Waals surface area contributed by atoms with Gasteiger partial charge in [0.2, 0.25) is 0 Å². The predicted octanol–water partition coefficient (Wildman–Crippen LogP) is 14.5. The minimum Gasteiger partial charge on any atom is -0.455 e. The monoisotopic (exact) mass is 835 g/mol. The Hall–Kier alpha value is -9.12. The first kappa shape index (κ1) is 31.7. The Morgan fingerprint density at radius 2 is 1.12 bits per heavy atom. The Morgan fingerprint density at radius 3 is 1.94 bits per heavy atom. The SMILES string of the molecule is [2H]c1c([2H])c([2H])c(-n2c3ccccc3c3c2ccc2c4ccccc4n(-c4ccc(-c5nc(-c6cccc(-c7ccccc7)c6)nc(-c6cccc7c6oc6ccccc67)n5)cc4C#N)c23)c([2H])c1[2H]. The van der Waals surface area contributed by atoms with Crippen LogP contribution in [0.2, 0.25) is 0 Å². The molecule has 13 aromatic rings. The van der Waals surface area contributed by atoms with Gasteiger partial charge in [-0.2, -0.15) is 5.26 Å². The molecule has 4 heterocycles. The summed E-state index contributed by atoms with van der Waals surface area (Å²) in [6.07, 6.45) is 0. The van der Waals surface area contributed by atoms with E-state index in [1.165, 1.54) is 0 Å². The second-order valence-corrected chi connectivity index (χ2v) is 15.9. The van der Waals surface area contributed by atoms with Gasteiger partial charge >= 0.3 is 0 Å². The van der Waals surface area contributed by atoms with Crippen LogP contribution in [0.5, 0.6) is 0 Å². The van der Waals surface area contributed by atoms with Gasteiger partial charge in [0.1, 0.15) is 17.2 Å². The summed E-state index contributed by atoms with van der Waals surface area (Å²) >= 11 is 0. The van der Waals surface area contributed by atoms with Crippen LogP contribution in [0.4, 0.5) is 0 Å². The summed E-state index contributed by atoms with van der Waals surface area (Å²) in [5, 5.41) is 16.6. The van der Waals surface area contributed by atoms with Crippen molar-refractivity contribution in [3.05, 3.63) is 212 Å². The van der Waals surface area contributed by atoms with E-state index in [9.17, 15) is 5.26 Å². The number of benzene rings is 9. The van der Waals surface area contributed by atoms with Crippen molar-refractivity contribution in [3.63, 3.8) is 0 Å². The number of hydrogen-bond donors (Lipinski definition) is 0. The molecule has 4 aromatic heterocycles. The van der Waals surface area contributed by atoms with E-state index in [-0.39, 0.29) is 17.8 Å². The van der Waals surface area contributed by atoms with Crippen LogP contribution < -0.4 is 0 Å². The molecule has 0 atom stereocenters. The standard InChI is InChI=1S/C58H34N6O/c59-35-40-34-39(29-31-48(40)64-49-26-10-7-21-42(49)44-30-32-51-53(54(44)64)46-23-8-11-27-50(46)63(51)41-19-5-2-6-20-41)57-60-56(38-18-13-17-37(33-38)36-15-3-1-4-16-36)61-58(62-57)47-25-14-24-45-43-22-9-12-28-52(43)65-55(45)47/h1-34H/i2D,5D,6D,19D,20D. The van der Waals surface area contributed by atoms with Gasteiger partial charge in [0.05, 0.1) is 45.7 Å². The van der Waals surface area contributed by atoms with Crippen LogP contribution in [-0.4, -0.2) is 24.1 Å². The molecule has 0 aliphatic rings. The largest absolute Gasteiger partial charge is 0.455 e. The lowest BCUT2D eigenvalue weighted by Gasteiger charge is -2.13. The van der Waals surface area contributed by atoms with E-state index in [0.29, 0.717) is 56.5 Å². The topological polar surface area (TPSA) is 85.5 Å². The van der Waals surface area contributed by atoms with Gasteiger partial charge in [-0.05, 0) is 77.8 Å². The molecule has 0 N–H and O–H groups in total. The Kier molecular flexibility index (Phi) is 7.06. The lowest BCUT2D eigenvalue weighted by atomic mass is 10.0. The molecule has 302 valence electrons. The quantitative estimate of drug-likeness (QED) is 0.167. The molecular weight excluding hydrogens is 797 g/mol. The van der Waals surface area contributed by atoms with Gasteiger partial charge in [-0.3, -0.25) is 0 Å². The highest BCUT2D eigenvalue weighted by Gasteiger charge is 2.23. The number of aromatic nitrogens is 5. The molecule has 0 saturated carbocycles. The number of fused-ring (bicyclic) bond motifs is 10. The molecular formula is C58H34N6O. The Morgan fingerprint density at radius 1 is 0.477 bits per heavy atom. The Labute approximate surface area is 379 Å². The molecule has 0 aliphatic heterocycles. The predicted molar refractivity (Wildman–Crippen MR) is 262 cm³/mol. The summed E-state index contributed by atoms with van der Waals surface area (Å²) in [6.45, 7) is 0. The number of nitrogens with zero attached hydrogens (tertiary/aromatic N) is 6. The normalized spacial score (nSPS) is 12.8. The molecule has 9 aromatic carbocycles. The van der Waals surface area contributed by atoms with Crippen LogP contribution in [0.1, 0.15) is 12.4 Å². The van der Waals surface area contributed by atoms with Crippen molar-refractivity contribution >= 4 is 65.6 Å². The van der Waals surface area contributed by atoms with E-state index in [1.54, 1.807) is 4.57 Å². The molecule has 7 heteroatoms. The number of para-hydroxylation sites is 5. The highest BCUT2D eigenvalue weighted by Crippen LogP contribution is 2.43. The fourth-order valence-corrected chi connectivity index (χ4v) is 9.46. The fourth-order valence-electron chi connectivity index (χ4n) is 9.46. The lowest BCUT2D eigenvalue weighted by Crippen LogP contribution is -2.02. The molecule has 0 unspecified atom stereocenters. The second kappa shape index (κ2) is 14.5. The van der Waals surface area contributed by atoms with Crippen molar-refractivity contribution in [3.8, 4) is 62.7 Å². The van der Waals surface area contributed by atoms with Crippen molar-refractivity contribution in [2.75, 3.05) is 0 Å². The molecule has 0 radical (unpaired) electrons. The van der Waals surface area contributed by atoms with Gasteiger partial charge in [-0.1, -0.05) is 139 Å². The average Bonchev–Trinajstić information content (AvgIpc) is 4.08. The number of furan rings is 1. The summed E-state index contributed by atoms with van der Waals surface area (Å²) in [4.78, 5) is 15.4. The summed E-state index contributed by atoms with van der Waals surface area (Å²) in [7, 11) is 0. The zero-order chi connectivity index (χ0) is 47.4. The van der Waals surface area contributed by atoms with Gasteiger partial charge in [-0.15, -0.1) is 0 Å². The zero-order valence-corrected chi connectivity index (χ0v) is 34.3. The van der Waals surface area contributed by atoms with Crippen LogP contribution >= 0.6 is 0 Å². The highest BCUT2D eigenvalue weighted by atomic mass is 16.3. The average molecular weight is 836 g/mol. The molecule has 65 heavy (non-hydrogen) atoms. The van der Waals surface area contributed by atoms with Gasteiger partial charge in [0.25, 0.3) is 0 Å². The Balaban J connectivity index is 1.05. The number of nitriles is 1. The van der Waals surface area contributed by atoms with E-state index in [2.05, 4.69) is 41.0 Å². The summed E-state index contributed by atoms with van der Waals surface area (Å²) in [5.74, 6) is 1.24. The molecule has 0 saturated heterocycles. The molecule has 0 fully saturated rings. The van der Waals surface area contributed by atoms with Crippen LogP contribution in [0.3, 0.4) is 0 Å². The van der Waals surface area contributed by atoms with Crippen LogP contribution in [0.15, 0.2) is 211 Å². The number of hydrogen-bond acceptors (Lipinski definition) is 5. The molecule has 0 aliphatic carbocycles. The molecule has 0 amide bonds. The van der Waals surface area contributed by atoms with Crippen LogP contribution in [-0.2, 0) is 0 Å². The van der Waals surface area contributed by atoms with Crippen LogP contribution in [0.25, 0.3) is 122 Å². The second-order valence-electron chi connectivity index (χ2n) is 15.9. The third kappa shape index (κ3) is 5.71. The van der Waals surface area contributed by atoms with Crippen LogP contribution in [0, 0.1) is 11.3 Å². The van der Waals surface area contributed by atoms with E-state index in [1.807, 2.05) is 146 Å². The maximum atomic E-state index is 11.2. The zero-order valence-electron chi connectivity index (χ0n) is 39.3. The van der Waals surface area contributed by atoms with Crippen molar-refractivity contribution in [2.24, 2.45) is 0 Å². The van der Waals surface area contributed by atoms with Crippen molar-refractivity contribution in [1.29, 1.82) is 5.26 Å². The first-order valence-electron chi connectivity index (χ1n) is 23.7. The Bertz CT molecular complexity index is 4370. The maximum Gasteiger partial charge on any atom is 0.167 e.